The van der Waals surface area contributed by atoms with Crippen molar-refractivity contribution in [3.63, 3.8) is 0 Å². The first-order valence-corrected chi connectivity index (χ1v) is 10.8. The molecule has 5 nitrogen and oxygen atoms in total. The lowest BCUT2D eigenvalue weighted by atomic mass is 9.96. The summed E-state index contributed by atoms with van der Waals surface area (Å²) in [4.78, 5) is 0. The normalized spacial score (nSPS) is 21.0. The highest BCUT2D eigenvalue weighted by Gasteiger charge is 2.41. The van der Waals surface area contributed by atoms with E-state index < -0.39 is 0 Å². The standard InChI is InChI=1S/C23H16BrClN2O3/c24-15-4-8-20-17(10-15)19-11-18(14-3-7-21-22(9-14)29-12-28-21)26-27(19)23(30-20)13-1-5-16(25)6-2-13/h1-10,19,23H,11-12H2/t19-,23-/m0/s1. The molecule has 6 rings (SSSR count). The first kappa shape index (κ1) is 18.1. The SMILES string of the molecule is Clc1ccc([C@@H]2Oc3ccc(Br)cc3[C@@H]3CC(c4ccc5c(c4)OCO5)=NN32)cc1. The van der Waals surface area contributed by atoms with Gasteiger partial charge in [-0.05, 0) is 48.5 Å². The van der Waals surface area contributed by atoms with Crippen molar-refractivity contribution in [3.8, 4) is 17.2 Å². The highest BCUT2D eigenvalue weighted by atomic mass is 79.9. The number of halogens is 2. The van der Waals surface area contributed by atoms with E-state index >= 15 is 0 Å². The Balaban J connectivity index is 1.43. The van der Waals surface area contributed by atoms with Gasteiger partial charge in [0.2, 0.25) is 13.0 Å². The molecule has 3 heterocycles. The van der Waals surface area contributed by atoms with Crippen molar-refractivity contribution in [1.82, 2.24) is 5.01 Å². The highest BCUT2D eigenvalue weighted by molar-refractivity contribution is 9.10. The van der Waals surface area contributed by atoms with E-state index in [1.54, 1.807) is 0 Å². The molecule has 150 valence electrons. The number of ether oxygens (including phenoxy) is 3. The fourth-order valence-corrected chi connectivity index (χ4v) is 4.66. The van der Waals surface area contributed by atoms with Gasteiger partial charge in [-0.3, -0.25) is 0 Å². The van der Waals surface area contributed by atoms with E-state index in [0.29, 0.717) is 5.02 Å². The zero-order valence-corrected chi connectivity index (χ0v) is 18.1. The van der Waals surface area contributed by atoms with E-state index in [2.05, 4.69) is 27.0 Å². The number of hydrazone groups is 1. The Kier molecular flexibility index (Phi) is 4.18. The van der Waals surface area contributed by atoms with Crippen LogP contribution in [0.3, 0.4) is 0 Å². The van der Waals surface area contributed by atoms with Crippen LogP contribution >= 0.6 is 27.5 Å². The van der Waals surface area contributed by atoms with Crippen LogP contribution in [-0.2, 0) is 0 Å². The Morgan fingerprint density at radius 1 is 0.933 bits per heavy atom. The third-order valence-electron chi connectivity index (χ3n) is 5.61. The maximum Gasteiger partial charge on any atom is 0.231 e. The third kappa shape index (κ3) is 2.94. The minimum Gasteiger partial charge on any atom is -0.464 e. The van der Waals surface area contributed by atoms with Crippen molar-refractivity contribution in [1.29, 1.82) is 0 Å². The van der Waals surface area contributed by atoms with Crippen molar-refractivity contribution in [2.45, 2.75) is 18.7 Å². The van der Waals surface area contributed by atoms with Crippen molar-refractivity contribution in [2.24, 2.45) is 5.10 Å². The predicted molar refractivity (Wildman–Crippen MR) is 117 cm³/mol. The maximum absolute atomic E-state index is 6.40. The summed E-state index contributed by atoms with van der Waals surface area (Å²) >= 11 is 9.69. The first-order chi connectivity index (χ1) is 14.7. The van der Waals surface area contributed by atoms with Gasteiger partial charge in [0.25, 0.3) is 0 Å². The number of hydrogen-bond acceptors (Lipinski definition) is 5. The Labute approximate surface area is 186 Å². The maximum atomic E-state index is 6.40. The molecule has 0 amide bonds. The van der Waals surface area contributed by atoms with Crippen LogP contribution in [0.4, 0.5) is 0 Å². The summed E-state index contributed by atoms with van der Waals surface area (Å²) in [5.41, 5.74) is 4.15. The van der Waals surface area contributed by atoms with Gasteiger partial charge in [0, 0.05) is 32.6 Å². The molecule has 0 N–H and O–H groups in total. The summed E-state index contributed by atoms with van der Waals surface area (Å²) in [5, 5.41) is 7.74. The molecule has 0 spiro atoms. The largest absolute Gasteiger partial charge is 0.464 e. The van der Waals surface area contributed by atoms with Crippen LogP contribution in [0.15, 0.2) is 70.2 Å². The van der Waals surface area contributed by atoms with Crippen LogP contribution in [-0.4, -0.2) is 17.5 Å². The fourth-order valence-electron chi connectivity index (χ4n) is 4.16. The molecule has 3 aliphatic rings. The number of fused-ring (bicyclic) bond motifs is 4. The van der Waals surface area contributed by atoms with Crippen molar-refractivity contribution < 1.29 is 14.2 Å². The minimum atomic E-state index is -0.326. The van der Waals surface area contributed by atoms with Gasteiger partial charge in [-0.2, -0.15) is 5.10 Å². The fraction of sp³-hybridized carbons (Fsp3) is 0.174. The van der Waals surface area contributed by atoms with Crippen molar-refractivity contribution >= 4 is 33.2 Å². The van der Waals surface area contributed by atoms with Gasteiger partial charge in [0.15, 0.2) is 11.5 Å². The summed E-state index contributed by atoms with van der Waals surface area (Å²) < 4.78 is 18.4. The molecule has 0 aliphatic carbocycles. The van der Waals surface area contributed by atoms with E-state index in [1.807, 2.05) is 54.6 Å². The second-order valence-corrected chi connectivity index (χ2v) is 8.77. The Morgan fingerprint density at radius 3 is 2.60 bits per heavy atom. The van der Waals surface area contributed by atoms with Gasteiger partial charge in [-0.1, -0.05) is 39.7 Å². The zero-order chi connectivity index (χ0) is 20.2. The molecule has 0 radical (unpaired) electrons. The predicted octanol–water partition coefficient (Wildman–Crippen LogP) is 6.07. The van der Waals surface area contributed by atoms with Gasteiger partial charge >= 0.3 is 0 Å². The lowest BCUT2D eigenvalue weighted by molar-refractivity contribution is -0.0190. The van der Waals surface area contributed by atoms with Gasteiger partial charge in [0.1, 0.15) is 5.75 Å². The molecule has 0 bridgehead atoms. The number of hydrogen-bond donors (Lipinski definition) is 0. The van der Waals surface area contributed by atoms with Gasteiger partial charge in [-0.15, -0.1) is 0 Å². The first-order valence-electron chi connectivity index (χ1n) is 9.63. The summed E-state index contributed by atoms with van der Waals surface area (Å²) in [6.45, 7) is 0.258. The van der Waals surface area contributed by atoms with Crippen molar-refractivity contribution in [2.75, 3.05) is 6.79 Å². The van der Waals surface area contributed by atoms with Crippen LogP contribution in [0.2, 0.25) is 5.02 Å². The van der Waals surface area contributed by atoms with E-state index in [4.69, 9.17) is 30.9 Å². The highest BCUT2D eigenvalue weighted by Crippen LogP contribution is 2.48. The zero-order valence-electron chi connectivity index (χ0n) is 15.7. The second kappa shape index (κ2) is 6.93. The smallest absolute Gasteiger partial charge is 0.231 e. The van der Waals surface area contributed by atoms with Crippen LogP contribution < -0.4 is 14.2 Å². The molecule has 3 aliphatic heterocycles. The third-order valence-corrected chi connectivity index (χ3v) is 6.36. The van der Waals surface area contributed by atoms with Crippen LogP contribution in [0.25, 0.3) is 0 Å². The van der Waals surface area contributed by atoms with E-state index in [0.717, 1.165) is 50.5 Å². The lowest BCUT2D eigenvalue weighted by Crippen LogP contribution is -2.33. The van der Waals surface area contributed by atoms with E-state index in [-0.39, 0.29) is 19.1 Å². The molecule has 3 aromatic rings. The summed E-state index contributed by atoms with van der Waals surface area (Å²) in [6, 6.07) is 19.9. The average molecular weight is 484 g/mol. The summed E-state index contributed by atoms with van der Waals surface area (Å²) in [7, 11) is 0. The molecule has 0 saturated heterocycles. The monoisotopic (exact) mass is 482 g/mol. The average Bonchev–Trinajstić information content (AvgIpc) is 3.41. The molecule has 30 heavy (non-hydrogen) atoms. The molecule has 0 aromatic heterocycles. The van der Waals surface area contributed by atoms with Crippen LogP contribution in [0, 0.1) is 0 Å². The number of rotatable bonds is 2. The minimum absolute atomic E-state index is 0.0763. The Morgan fingerprint density at radius 2 is 1.73 bits per heavy atom. The molecule has 3 aromatic carbocycles. The molecular formula is C23H16BrClN2O3. The molecule has 0 saturated carbocycles. The van der Waals surface area contributed by atoms with Crippen molar-refractivity contribution in [3.05, 3.63) is 86.8 Å². The van der Waals surface area contributed by atoms with Gasteiger partial charge in [0.05, 0.1) is 11.8 Å². The van der Waals surface area contributed by atoms with Gasteiger partial charge in [-0.25, -0.2) is 5.01 Å². The number of benzene rings is 3. The van der Waals surface area contributed by atoms with E-state index in [1.165, 1.54) is 0 Å². The van der Waals surface area contributed by atoms with Crippen LogP contribution in [0.1, 0.15) is 35.4 Å². The lowest BCUT2D eigenvalue weighted by Gasteiger charge is -2.38. The second-order valence-electron chi connectivity index (χ2n) is 7.42. The summed E-state index contributed by atoms with van der Waals surface area (Å²) in [5.74, 6) is 2.40. The van der Waals surface area contributed by atoms with E-state index in [9.17, 15) is 0 Å². The molecule has 0 fully saturated rings. The number of nitrogens with zero attached hydrogens (tertiary/aromatic N) is 2. The molecule has 0 unspecified atom stereocenters. The summed E-state index contributed by atoms with van der Waals surface area (Å²) in [6.07, 6.45) is 0.448. The molecule has 7 heteroatoms. The topological polar surface area (TPSA) is 43.3 Å². The van der Waals surface area contributed by atoms with Crippen LogP contribution in [0.5, 0.6) is 17.2 Å². The Bertz CT molecular complexity index is 1180. The quantitative estimate of drug-likeness (QED) is 0.443. The molecule has 2 atom stereocenters. The van der Waals surface area contributed by atoms with Gasteiger partial charge < -0.3 is 14.2 Å². The molecular weight excluding hydrogens is 468 g/mol. The Hall–Kier alpha value is -2.70.